The van der Waals surface area contributed by atoms with E-state index in [1.165, 1.54) is 11.3 Å². The zero-order valence-electron chi connectivity index (χ0n) is 18.1. The Morgan fingerprint density at radius 3 is 2.56 bits per heavy atom. The van der Waals surface area contributed by atoms with Gasteiger partial charge in [-0.15, -0.1) is 11.3 Å². The number of hydrogen-bond acceptors (Lipinski definition) is 9. The third-order valence-corrected chi connectivity index (χ3v) is 6.36. The van der Waals surface area contributed by atoms with E-state index in [0.29, 0.717) is 47.8 Å². The fourth-order valence-corrected chi connectivity index (χ4v) is 4.84. The Bertz CT molecular complexity index is 1110. The van der Waals surface area contributed by atoms with Crippen molar-refractivity contribution in [3.63, 3.8) is 0 Å². The molecule has 1 aromatic carbocycles. The molecule has 3 aromatic rings. The molecule has 4 rings (SSSR count). The van der Waals surface area contributed by atoms with Gasteiger partial charge in [-0.05, 0) is 19.5 Å². The fraction of sp³-hybridized carbons (Fsp3) is 0.364. The zero-order chi connectivity index (χ0) is 22.7. The molecule has 3 heterocycles. The van der Waals surface area contributed by atoms with E-state index in [2.05, 4.69) is 20.2 Å². The maximum Gasteiger partial charge on any atom is 0.339 e. The molecule has 0 bridgehead atoms. The van der Waals surface area contributed by atoms with Gasteiger partial charge in [0, 0.05) is 31.6 Å². The van der Waals surface area contributed by atoms with Crippen LogP contribution in [0.2, 0.25) is 0 Å². The topological polar surface area (TPSA) is 114 Å². The number of thiophene rings is 1. The van der Waals surface area contributed by atoms with Crippen molar-refractivity contribution in [1.29, 1.82) is 0 Å². The minimum Gasteiger partial charge on any atom is -0.462 e. The number of nitrogen functional groups attached to an aromatic ring is 1. The van der Waals surface area contributed by atoms with E-state index in [1.807, 2.05) is 35.2 Å². The lowest BCUT2D eigenvalue weighted by atomic mass is 10.1. The molecule has 0 aliphatic carbocycles. The number of hydrogen-bond donors (Lipinski definition) is 2. The lowest BCUT2D eigenvalue weighted by Gasteiger charge is -2.37. The molecule has 1 amide bonds. The molecule has 3 N–H and O–H groups in total. The smallest absolute Gasteiger partial charge is 0.339 e. The van der Waals surface area contributed by atoms with Crippen LogP contribution in [0.25, 0.3) is 10.2 Å². The molecule has 0 unspecified atom stereocenters. The van der Waals surface area contributed by atoms with Crippen LogP contribution in [0.15, 0.2) is 35.7 Å². The summed E-state index contributed by atoms with van der Waals surface area (Å²) in [6, 6.07) is 9.29. The number of anilines is 2. The summed E-state index contributed by atoms with van der Waals surface area (Å²) in [6.07, 6.45) is 0. The molecule has 2 aromatic heterocycles. The number of nitrogens with zero attached hydrogens (tertiary/aromatic N) is 4. The fourth-order valence-electron chi connectivity index (χ4n) is 3.93. The van der Waals surface area contributed by atoms with Gasteiger partial charge in [-0.2, -0.15) is 4.98 Å². The van der Waals surface area contributed by atoms with Crippen molar-refractivity contribution in [2.24, 2.45) is 0 Å². The summed E-state index contributed by atoms with van der Waals surface area (Å²) in [7, 11) is 1.79. The second kappa shape index (κ2) is 9.49. The highest BCUT2D eigenvalue weighted by molar-refractivity contribution is 7.17. The van der Waals surface area contributed by atoms with Gasteiger partial charge in [0.2, 0.25) is 11.9 Å². The van der Waals surface area contributed by atoms with E-state index in [-0.39, 0.29) is 18.5 Å². The van der Waals surface area contributed by atoms with Gasteiger partial charge < -0.3 is 25.6 Å². The van der Waals surface area contributed by atoms with Crippen LogP contribution in [0, 0.1) is 0 Å². The number of nitrogens with one attached hydrogen (secondary N) is 1. The van der Waals surface area contributed by atoms with Crippen molar-refractivity contribution < 1.29 is 14.3 Å². The average Bonchev–Trinajstić information content (AvgIpc) is 3.24. The van der Waals surface area contributed by atoms with Crippen LogP contribution in [0.4, 0.5) is 11.8 Å². The molecule has 0 spiro atoms. The number of fused-ring (bicyclic) bond motifs is 1. The number of carbonyl (C=O) groups is 2. The normalized spacial score (nSPS) is 15.1. The number of benzene rings is 1. The summed E-state index contributed by atoms with van der Waals surface area (Å²) >= 11 is 1.34. The molecule has 9 nitrogen and oxygen atoms in total. The minimum absolute atomic E-state index is 0.0356. The molecule has 1 atom stereocenters. The van der Waals surface area contributed by atoms with Crippen LogP contribution in [-0.4, -0.2) is 66.6 Å². The molecule has 10 heteroatoms. The monoisotopic (exact) mass is 454 g/mol. The zero-order valence-corrected chi connectivity index (χ0v) is 18.9. The van der Waals surface area contributed by atoms with E-state index in [1.54, 1.807) is 19.4 Å². The molecule has 0 radical (unpaired) electrons. The Morgan fingerprint density at radius 2 is 1.91 bits per heavy atom. The molecule has 0 saturated carbocycles. The summed E-state index contributed by atoms with van der Waals surface area (Å²) in [6.45, 7) is 4.27. The summed E-state index contributed by atoms with van der Waals surface area (Å²) in [4.78, 5) is 38.9. The van der Waals surface area contributed by atoms with Gasteiger partial charge in [-0.3, -0.25) is 4.79 Å². The first kappa shape index (κ1) is 22.0. The maximum absolute atomic E-state index is 13.2. The van der Waals surface area contributed by atoms with Crippen LogP contribution >= 0.6 is 11.3 Å². The highest BCUT2D eigenvalue weighted by Crippen LogP contribution is 2.34. The Labute approximate surface area is 190 Å². The first-order valence-electron chi connectivity index (χ1n) is 10.5. The van der Waals surface area contributed by atoms with E-state index >= 15 is 0 Å². The lowest BCUT2D eigenvalue weighted by Crippen LogP contribution is -2.51. The van der Waals surface area contributed by atoms with Crippen molar-refractivity contribution in [3.05, 3.63) is 46.8 Å². The van der Waals surface area contributed by atoms with E-state index in [4.69, 9.17) is 10.5 Å². The van der Waals surface area contributed by atoms with Crippen LogP contribution in [0.1, 0.15) is 28.9 Å². The molecule has 32 heavy (non-hydrogen) atoms. The van der Waals surface area contributed by atoms with Gasteiger partial charge in [0.25, 0.3) is 0 Å². The van der Waals surface area contributed by atoms with Gasteiger partial charge in [-0.1, -0.05) is 30.3 Å². The Morgan fingerprint density at radius 1 is 1.19 bits per heavy atom. The molecular formula is C22H26N6O3S. The number of aromatic nitrogens is 2. The standard InChI is InChI=1S/C22H26N6O3S/c1-3-31-21(30)15-13-32-19-16(15)18(25-22(23)26-19)27-9-11-28(12-10-27)20(29)17(24-2)14-7-5-4-6-8-14/h4-8,13,17,24H,3,9-12H2,1-2H3,(H2,23,25,26)/t17-/m0/s1. The van der Waals surface area contributed by atoms with Gasteiger partial charge in [-0.25, -0.2) is 9.78 Å². The predicted molar refractivity (Wildman–Crippen MR) is 125 cm³/mol. The lowest BCUT2D eigenvalue weighted by molar-refractivity contribution is -0.133. The molecule has 168 valence electrons. The number of ether oxygens (including phenoxy) is 1. The Hall–Kier alpha value is -3.24. The third kappa shape index (κ3) is 4.23. The average molecular weight is 455 g/mol. The molecule has 1 aliphatic rings. The number of rotatable bonds is 6. The summed E-state index contributed by atoms with van der Waals surface area (Å²) in [5, 5.41) is 5.51. The molecule has 1 fully saturated rings. The Balaban J connectivity index is 1.55. The third-order valence-electron chi connectivity index (χ3n) is 5.49. The SMILES string of the molecule is CCOC(=O)c1csc2nc(N)nc(N3CCN(C(=O)[C@@H](NC)c4ccccc4)CC3)c12. The number of esters is 1. The Kier molecular flexibility index (Phi) is 6.52. The van der Waals surface area contributed by atoms with Gasteiger partial charge in [0.1, 0.15) is 16.7 Å². The van der Waals surface area contributed by atoms with Crippen LogP contribution in [-0.2, 0) is 9.53 Å². The van der Waals surface area contributed by atoms with Crippen molar-refractivity contribution in [1.82, 2.24) is 20.2 Å². The summed E-state index contributed by atoms with van der Waals surface area (Å²) < 4.78 is 5.20. The van der Waals surface area contributed by atoms with Crippen LogP contribution < -0.4 is 16.0 Å². The van der Waals surface area contributed by atoms with Gasteiger partial charge in [0.05, 0.1) is 17.6 Å². The van der Waals surface area contributed by atoms with Crippen molar-refractivity contribution >= 4 is 45.2 Å². The summed E-state index contributed by atoms with van der Waals surface area (Å²) in [5.41, 5.74) is 7.32. The summed E-state index contributed by atoms with van der Waals surface area (Å²) in [5.74, 6) is 0.398. The van der Waals surface area contributed by atoms with Gasteiger partial charge >= 0.3 is 5.97 Å². The maximum atomic E-state index is 13.2. The highest BCUT2D eigenvalue weighted by Gasteiger charge is 2.30. The number of amides is 1. The predicted octanol–water partition coefficient (Wildman–Crippen LogP) is 2.06. The molecular weight excluding hydrogens is 428 g/mol. The second-order valence-corrected chi connectivity index (χ2v) is 8.26. The number of piperazine rings is 1. The number of nitrogens with two attached hydrogens (primary N) is 1. The van der Waals surface area contributed by atoms with Gasteiger partial charge in [0.15, 0.2) is 0 Å². The second-order valence-electron chi connectivity index (χ2n) is 7.40. The van der Waals surface area contributed by atoms with Crippen LogP contribution in [0.5, 0.6) is 0 Å². The quantitative estimate of drug-likeness (QED) is 0.544. The van der Waals surface area contributed by atoms with Crippen molar-refractivity contribution in [2.75, 3.05) is 50.5 Å². The van der Waals surface area contributed by atoms with Crippen molar-refractivity contribution in [3.8, 4) is 0 Å². The molecule has 1 aliphatic heterocycles. The largest absolute Gasteiger partial charge is 0.462 e. The van der Waals surface area contributed by atoms with Crippen LogP contribution in [0.3, 0.4) is 0 Å². The van der Waals surface area contributed by atoms with E-state index in [0.717, 1.165) is 5.56 Å². The number of likely N-dealkylation sites (N-methyl/N-ethyl adjacent to an activating group) is 1. The minimum atomic E-state index is -0.401. The van der Waals surface area contributed by atoms with E-state index in [9.17, 15) is 9.59 Å². The first-order valence-corrected chi connectivity index (χ1v) is 11.4. The number of carbonyl (C=O) groups excluding carboxylic acids is 2. The van der Waals surface area contributed by atoms with E-state index < -0.39 is 12.0 Å². The van der Waals surface area contributed by atoms with Crippen molar-refractivity contribution in [2.45, 2.75) is 13.0 Å². The highest BCUT2D eigenvalue weighted by atomic mass is 32.1. The molecule has 1 saturated heterocycles. The first-order chi connectivity index (χ1) is 15.5.